The van der Waals surface area contributed by atoms with Crippen LogP contribution in [0.15, 0.2) is 30.3 Å². The molecular weight excluding hydrogens is 228 g/mol. The number of amides is 2. The van der Waals surface area contributed by atoms with Crippen molar-refractivity contribution in [3.63, 3.8) is 0 Å². The van der Waals surface area contributed by atoms with E-state index in [9.17, 15) is 9.59 Å². The molecule has 96 valence electrons. The number of carbonyl (C=O) groups is 2. The van der Waals surface area contributed by atoms with E-state index in [2.05, 4.69) is 6.92 Å². The summed E-state index contributed by atoms with van der Waals surface area (Å²) in [6.07, 6.45) is 1.94. The molecule has 1 saturated heterocycles. The number of piperidine rings is 1. The number of hydrogen-bond donors (Lipinski definition) is 1. The van der Waals surface area contributed by atoms with Gasteiger partial charge in [-0.3, -0.25) is 9.59 Å². The van der Waals surface area contributed by atoms with Gasteiger partial charge in [-0.1, -0.05) is 37.3 Å². The molecule has 0 aliphatic carbocycles. The Morgan fingerprint density at radius 3 is 2.50 bits per heavy atom. The average molecular weight is 246 g/mol. The number of primary amides is 1. The second-order valence-electron chi connectivity index (χ2n) is 4.93. The van der Waals surface area contributed by atoms with E-state index in [4.69, 9.17) is 5.73 Å². The topological polar surface area (TPSA) is 63.4 Å². The fourth-order valence-corrected chi connectivity index (χ4v) is 2.54. The van der Waals surface area contributed by atoms with Crippen molar-refractivity contribution in [1.82, 2.24) is 4.90 Å². The van der Waals surface area contributed by atoms with Crippen molar-refractivity contribution in [2.45, 2.75) is 25.8 Å². The Hall–Kier alpha value is -1.84. The first-order valence-corrected chi connectivity index (χ1v) is 6.25. The molecule has 2 atom stereocenters. The minimum atomic E-state index is -0.870. The fourth-order valence-electron chi connectivity index (χ4n) is 2.54. The maximum absolute atomic E-state index is 11.9. The molecule has 4 heteroatoms. The van der Waals surface area contributed by atoms with Gasteiger partial charge in [0.1, 0.15) is 0 Å². The van der Waals surface area contributed by atoms with Crippen molar-refractivity contribution in [3.05, 3.63) is 35.9 Å². The number of nitrogens with zero attached hydrogens (tertiary/aromatic N) is 1. The van der Waals surface area contributed by atoms with Crippen molar-refractivity contribution in [2.24, 2.45) is 11.7 Å². The van der Waals surface area contributed by atoms with Gasteiger partial charge in [0.05, 0.1) is 6.04 Å². The highest BCUT2D eigenvalue weighted by Gasteiger charge is 2.32. The summed E-state index contributed by atoms with van der Waals surface area (Å²) < 4.78 is 0. The molecule has 0 saturated carbocycles. The van der Waals surface area contributed by atoms with Crippen LogP contribution < -0.4 is 5.73 Å². The SMILES string of the molecule is CC1CCC(c2ccccc2)N(C(=O)C(N)=O)C1. The quantitative estimate of drug-likeness (QED) is 0.763. The molecule has 18 heavy (non-hydrogen) atoms. The summed E-state index contributed by atoms with van der Waals surface area (Å²) >= 11 is 0. The number of carbonyl (C=O) groups excluding carboxylic acids is 2. The number of nitrogens with two attached hydrogens (primary N) is 1. The van der Waals surface area contributed by atoms with Gasteiger partial charge in [-0.15, -0.1) is 0 Å². The molecule has 0 radical (unpaired) electrons. The molecule has 0 aromatic heterocycles. The minimum Gasteiger partial charge on any atom is -0.361 e. The van der Waals surface area contributed by atoms with Crippen LogP contribution in [0.2, 0.25) is 0 Å². The molecule has 1 aromatic rings. The molecule has 4 nitrogen and oxygen atoms in total. The van der Waals surface area contributed by atoms with Crippen LogP contribution in [0, 0.1) is 5.92 Å². The van der Waals surface area contributed by atoms with E-state index in [0.717, 1.165) is 18.4 Å². The van der Waals surface area contributed by atoms with E-state index < -0.39 is 11.8 Å². The highest BCUT2D eigenvalue weighted by atomic mass is 16.2. The van der Waals surface area contributed by atoms with Gasteiger partial charge < -0.3 is 10.6 Å². The Bertz CT molecular complexity index is 444. The lowest BCUT2D eigenvalue weighted by Gasteiger charge is -2.38. The summed E-state index contributed by atoms with van der Waals surface area (Å²) in [6.45, 7) is 2.68. The molecule has 0 bridgehead atoms. The molecule has 0 spiro atoms. The average Bonchev–Trinajstić information content (AvgIpc) is 2.38. The number of benzene rings is 1. The summed E-state index contributed by atoms with van der Waals surface area (Å²) in [5.41, 5.74) is 6.19. The largest absolute Gasteiger partial charge is 0.361 e. The molecule has 1 fully saturated rings. The molecule has 1 aliphatic rings. The highest BCUT2D eigenvalue weighted by Crippen LogP contribution is 2.33. The molecule has 2 N–H and O–H groups in total. The Labute approximate surface area is 107 Å². The zero-order valence-electron chi connectivity index (χ0n) is 10.5. The van der Waals surface area contributed by atoms with Gasteiger partial charge in [-0.25, -0.2) is 0 Å². The third-order valence-corrected chi connectivity index (χ3v) is 3.47. The third kappa shape index (κ3) is 2.53. The molecule has 2 unspecified atom stereocenters. The van der Waals surface area contributed by atoms with Crippen molar-refractivity contribution in [2.75, 3.05) is 6.54 Å². The predicted octanol–water partition coefficient (Wildman–Crippen LogP) is 1.47. The Morgan fingerprint density at radius 1 is 1.22 bits per heavy atom. The lowest BCUT2D eigenvalue weighted by molar-refractivity contribution is -0.147. The van der Waals surface area contributed by atoms with Crippen LogP contribution in [0.1, 0.15) is 31.4 Å². The Kier molecular flexibility index (Phi) is 3.65. The van der Waals surface area contributed by atoms with Gasteiger partial charge in [0.2, 0.25) is 0 Å². The summed E-state index contributed by atoms with van der Waals surface area (Å²) in [5, 5.41) is 0. The van der Waals surface area contributed by atoms with E-state index in [-0.39, 0.29) is 6.04 Å². The van der Waals surface area contributed by atoms with E-state index in [1.54, 1.807) is 4.90 Å². The second kappa shape index (κ2) is 5.21. The molecule has 2 amide bonds. The minimum absolute atomic E-state index is 0.0256. The predicted molar refractivity (Wildman–Crippen MR) is 68.5 cm³/mol. The van der Waals surface area contributed by atoms with E-state index >= 15 is 0 Å². The summed E-state index contributed by atoms with van der Waals surface area (Å²) in [7, 11) is 0. The van der Waals surface area contributed by atoms with Gasteiger partial charge in [0, 0.05) is 6.54 Å². The van der Waals surface area contributed by atoms with Crippen LogP contribution in [0.3, 0.4) is 0 Å². The van der Waals surface area contributed by atoms with Crippen molar-refractivity contribution < 1.29 is 9.59 Å². The Balaban J connectivity index is 2.26. The van der Waals surface area contributed by atoms with Gasteiger partial charge in [0.15, 0.2) is 0 Å². The zero-order valence-corrected chi connectivity index (χ0v) is 10.5. The maximum Gasteiger partial charge on any atom is 0.312 e. The van der Waals surface area contributed by atoms with Gasteiger partial charge in [0.25, 0.3) is 0 Å². The first-order valence-electron chi connectivity index (χ1n) is 6.25. The van der Waals surface area contributed by atoms with Crippen LogP contribution >= 0.6 is 0 Å². The summed E-state index contributed by atoms with van der Waals surface area (Å²) in [6, 6.07) is 9.78. The van der Waals surface area contributed by atoms with E-state index in [1.165, 1.54) is 0 Å². The van der Waals surface area contributed by atoms with Crippen LogP contribution in [-0.2, 0) is 9.59 Å². The molecule has 1 aromatic carbocycles. The van der Waals surface area contributed by atoms with Gasteiger partial charge in [-0.05, 0) is 24.3 Å². The normalized spacial score (nSPS) is 23.7. The molecule has 1 heterocycles. The number of rotatable bonds is 1. The number of likely N-dealkylation sites (tertiary alicyclic amines) is 1. The van der Waals surface area contributed by atoms with Gasteiger partial charge >= 0.3 is 11.8 Å². The monoisotopic (exact) mass is 246 g/mol. The highest BCUT2D eigenvalue weighted by molar-refractivity contribution is 6.34. The van der Waals surface area contributed by atoms with Crippen molar-refractivity contribution in [1.29, 1.82) is 0 Å². The summed E-state index contributed by atoms with van der Waals surface area (Å²) in [5.74, 6) is -1.03. The van der Waals surface area contributed by atoms with Crippen LogP contribution in [0.4, 0.5) is 0 Å². The van der Waals surface area contributed by atoms with Crippen LogP contribution in [0.25, 0.3) is 0 Å². The lowest BCUT2D eigenvalue weighted by atomic mass is 9.90. The van der Waals surface area contributed by atoms with Crippen molar-refractivity contribution >= 4 is 11.8 Å². The smallest absolute Gasteiger partial charge is 0.312 e. The standard InChI is InChI=1S/C14H18N2O2/c1-10-7-8-12(11-5-3-2-4-6-11)16(9-10)14(18)13(15)17/h2-6,10,12H,7-9H2,1H3,(H2,15,17). The lowest BCUT2D eigenvalue weighted by Crippen LogP contribution is -2.46. The van der Waals surface area contributed by atoms with Crippen LogP contribution in [-0.4, -0.2) is 23.3 Å². The first-order chi connectivity index (χ1) is 8.59. The molecule has 1 aliphatic heterocycles. The third-order valence-electron chi connectivity index (χ3n) is 3.47. The second-order valence-corrected chi connectivity index (χ2v) is 4.93. The van der Waals surface area contributed by atoms with E-state index in [0.29, 0.717) is 12.5 Å². The number of hydrogen-bond acceptors (Lipinski definition) is 2. The fraction of sp³-hybridized carbons (Fsp3) is 0.429. The van der Waals surface area contributed by atoms with Crippen LogP contribution in [0.5, 0.6) is 0 Å². The van der Waals surface area contributed by atoms with Gasteiger partial charge in [-0.2, -0.15) is 0 Å². The molecule has 2 rings (SSSR count). The summed E-state index contributed by atoms with van der Waals surface area (Å²) in [4.78, 5) is 24.6. The maximum atomic E-state index is 11.9. The van der Waals surface area contributed by atoms with E-state index in [1.807, 2.05) is 30.3 Å². The van der Waals surface area contributed by atoms with Crippen molar-refractivity contribution in [3.8, 4) is 0 Å². The Morgan fingerprint density at radius 2 is 1.89 bits per heavy atom. The zero-order chi connectivity index (χ0) is 13.1. The molecular formula is C14H18N2O2. The first kappa shape index (κ1) is 12.6.